The van der Waals surface area contributed by atoms with Gasteiger partial charge in [0.05, 0.1) is 0 Å². The van der Waals surface area contributed by atoms with E-state index in [4.69, 9.17) is 9.47 Å². The van der Waals surface area contributed by atoms with Gasteiger partial charge in [0.25, 0.3) is 0 Å². The molecule has 5 rings (SSSR count). The minimum Gasteiger partial charge on any atom is -0.449 e. The Labute approximate surface area is 141 Å². The van der Waals surface area contributed by atoms with Crippen LogP contribution in [0.25, 0.3) is 21.5 Å². The molecule has 0 unspecified atom stereocenters. The summed E-state index contributed by atoms with van der Waals surface area (Å²) in [5, 5.41) is 4.34. The van der Waals surface area contributed by atoms with Crippen molar-refractivity contribution in [3.8, 4) is 23.0 Å². The highest BCUT2D eigenvalue weighted by molar-refractivity contribution is 9.10. The van der Waals surface area contributed by atoms with Gasteiger partial charge in [0, 0.05) is 15.2 Å². The van der Waals surface area contributed by atoms with E-state index in [1.54, 1.807) is 0 Å². The van der Waals surface area contributed by atoms with Gasteiger partial charge in [-0.3, -0.25) is 0 Å². The molecule has 0 spiro atoms. The van der Waals surface area contributed by atoms with Crippen LogP contribution in [0.15, 0.2) is 71.2 Å². The molecular weight excluding hydrogens is 352 g/mol. The van der Waals surface area contributed by atoms with Crippen molar-refractivity contribution in [2.45, 2.75) is 0 Å². The van der Waals surface area contributed by atoms with Crippen molar-refractivity contribution in [3.63, 3.8) is 0 Å². The third kappa shape index (κ3) is 1.87. The van der Waals surface area contributed by atoms with E-state index in [-0.39, 0.29) is 0 Å². The average molecular weight is 363 g/mol. The highest BCUT2D eigenvalue weighted by atomic mass is 79.9. The molecule has 0 radical (unpaired) electrons. The number of rotatable bonds is 0. The maximum absolute atomic E-state index is 6.31. The fraction of sp³-hybridized carbons (Fsp3) is 0. The van der Waals surface area contributed by atoms with Gasteiger partial charge in [0.2, 0.25) is 0 Å². The van der Waals surface area contributed by atoms with E-state index in [0.29, 0.717) is 0 Å². The Balaban J connectivity index is 1.82. The average Bonchev–Trinajstić information content (AvgIpc) is 2.60. The summed E-state index contributed by atoms with van der Waals surface area (Å²) in [7, 11) is 0. The van der Waals surface area contributed by atoms with E-state index in [0.717, 1.165) is 49.0 Å². The maximum atomic E-state index is 6.31. The van der Waals surface area contributed by atoms with Crippen LogP contribution in [-0.2, 0) is 0 Å². The summed E-state index contributed by atoms with van der Waals surface area (Å²) in [5.41, 5.74) is 0. The van der Waals surface area contributed by atoms with Crippen molar-refractivity contribution < 1.29 is 9.47 Å². The first-order valence-corrected chi connectivity index (χ1v) is 8.19. The predicted molar refractivity (Wildman–Crippen MR) is 95.7 cm³/mol. The summed E-state index contributed by atoms with van der Waals surface area (Å²) in [4.78, 5) is 0. The van der Waals surface area contributed by atoms with Crippen molar-refractivity contribution >= 4 is 37.5 Å². The van der Waals surface area contributed by atoms with Gasteiger partial charge in [0.15, 0.2) is 23.0 Å². The van der Waals surface area contributed by atoms with Crippen LogP contribution >= 0.6 is 15.9 Å². The maximum Gasteiger partial charge on any atom is 0.178 e. The summed E-state index contributed by atoms with van der Waals surface area (Å²) in [6.07, 6.45) is 0. The Bertz CT molecular complexity index is 1090. The second-order valence-corrected chi connectivity index (χ2v) is 6.40. The zero-order valence-electron chi connectivity index (χ0n) is 12.0. The van der Waals surface area contributed by atoms with E-state index >= 15 is 0 Å². The lowest BCUT2D eigenvalue weighted by Gasteiger charge is -2.23. The minimum absolute atomic E-state index is 0.735. The summed E-state index contributed by atoms with van der Waals surface area (Å²) in [5.74, 6) is 3.03. The molecule has 0 bridgehead atoms. The first-order chi connectivity index (χ1) is 11.3. The van der Waals surface area contributed by atoms with Crippen molar-refractivity contribution in [1.29, 1.82) is 0 Å². The molecule has 0 saturated heterocycles. The van der Waals surface area contributed by atoms with Crippen molar-refractivity contribution in [2.75, 3.05) is 0 Å². The molecule has 0 saturated carbocycles. The van der Waals surface area contributed by atoms with Crippen molar-refractivity contribution in [3.05, 3.63) is 71.2 Å². The second kappa shape index (κ2) is 4.74. The van der Waals surface area contributed by atoms with Gasteiger partial charge < -0.3 is 9.47 Å². The van der Waals surface area contributed by atoms with Gasteiger partial charge >= 0.3 is 0 Å². The Hall–Kier alpha value is -2.52. The van der Waals surface area contributed by atoms with Gasteiger partial charge in [-0.05, 0) is 22.9 Å². The van der Waals surface area contributed by atoms with Crippen LogP contribution in [0, 0.1) is 0 Å². The van der Waals surface area contributed by atoms with E-state index in [2.05, 4.69) is 46.3 Å². The normalized spacial score (nSPS) is 12.4. The predicted octanol–water partition coefficient (Wildman–Crippen LogP) is 6.65. The topological polar surface area (TPSA) is 18.5 Å². The fourth-order valence-corrected chi connectivity index (χ4v) is 3.64. The third-order valence-corrected chi connectivity index (χ3v) is 4.83. The SMILES string of the molecule is Brc1cc2c(c3ccccc13)Oc1c(ccc3ccccc13)O2. The summed E-state index contributed by atoms with van der Waals surface area (Å²) in [6.45, 7) is 0. The largest absolute Gasteiger partial charge is 0.449 e. The first-order valence-electron chi connectivity index (χ1n) is 7.40. The zero-order valence-corrected chi connectivity index (χ0v) is 13.6. The number of ether oxygens (including phenoxy) is 2. The molecule has 4 aromatic rings. The molecule has 0 amide bonds. The lowest BCUT2D eigenvalue weighted by Crippen LogP contribution is -2.00. The molecule has 0 aromatic heterocycles. The summed E-state index contributed by atoms with van der Waals surface area (Å²) >= 11 is 3.62. The van der Waals surface area contributed by atoms with Crippen LogP contribution in [-0.4, -0.2) is 0 Å². The first kappa shape index (κ1) is 13.0. The Morgan fingerprint density at radius 1 is 0.609 bits per heavy atom. The summed E-state index contributed by atoms with van der Waals surface area (Å²) in [6, 6.07) is 22.3. The molecule has 0 aliphatic carbocycles. The van der Waals surface area contributed by atoms with Crippen molar-refractivity contribution in [1.82, 2.24) is 0 Å². The van der Waals surface area contributed by atoms with Crippen molar-refractivity contribution in [2.24, 2.45) is 0 Å². The van der Waals surface area contributed by atoms with Gasteiger partial charge in [-0.1, -0.05) is 70.5 Å². The molecule has 0 fully saturated rings. The van der Waals surface area contributed by atoms with Gasteiger partial charge in [-0.25, -0.2) is 0 Å². The molecule has 1 heterocycles. The van der Waals surface area contributed by atoms with Gasteiger partial charge in [-0.15, -0.1) is 0 Å². The molecule has 23 heavy (non-hydrogen) atoms. The van der Waals surface area contributed by atoms with Crippen LogP contribution < -0.4 is 9.47 Å². The van der Waals surface area contributed by atoms with Crippen LogP contribution in [0.3, 0.4) is 0 Å². The molecule has 0 N–H and O–H groups in total. The summed E-state index contributed by atoms with van der Waals surface area (Å²) < 4.78 is 13.4. The van der Waals surface area contributed by atoms with E-state index < -0.39 is 0 Å². The molecule has 4 aromatic carbocycles. The minimum atomic E-state index is 0.735. The van der Waals surface area contributed by atoms with Gasteiger partial charge in [-0.2, -0.15) is 0 Å². The fourth-order valence-electron chi connectivity index (χ4n) is 3.09. The molecule has 1 aliphatic heterocycles. The molecule has 2 nitrogen and oxygen atoms in total. The molecule has 0 atom stereocenters. The molecule has 3 heteroatoms. The Morgan fingerprint density at radius 2 is 1.30 bits per heavy atom. The number of benzene rings is 4. The van der Waals surface area contributed by atoms with Crippen LogP contribution in [0.1, 0.15) is 0 Å². The molecule has 110 valence electrons. The van der Waals surface area contributed by atoms with Crippen LogP contribution in [0.4, 0.5) is 0 Å². The number of hydrogen-bond acceptors (Lipinski definition) is 2. The highest BCUT2D eigenvalue weighted by Gasteiger charge is 2.23. The smallest absolute Gasteiger partial charge is 0.178 e. The lowest BCUT2D eigenvalue weighted by molar-refractivity contribution is 0.366. The Morgan fingerprint density at radius 3 is 2.17 bits per heavy atom. The number of halogens is 1. The monoisotopic (exact) mass is 362 g/mol. The second-order valence-electron chi connectivity index (χ2n) is 5.55. The quantitative estimate of drug-likeness (QED) is 0.307. The van der Waals surface area contributed by atoms with E-state index in [1.165, 1.54) is 0 Å². The number of hydrogen-bond donors (Lipinski definition) is 0. The standard InChI is InChI=1S/C20H11BrO2/c21-16-11-18-20(15-8-4-3-7-14(15)16)23-19-13-6-2-1-5-12(13)9-10-17(19)22-18/h1-11H. The van der Waals surface area contributed by atoms with E-state index in [1.807, 2.05) is 36.4 Å². The molecular formula is C20H11BrO2. The highest BCUT2D eigenvalue weighted by Crippen LogP contribution is 2.52. The van der Waals surface area contributed by atoms with Crippen LogP contribution in [0.2, 0.25) is 0 Å². The number of fused-ring (bicyclic) bond motifs is 6. The zero-order chi connectivity index (χ0) is 15.4. The van der Waals surface area contributed by atoms with Crippen LogP contribution in [0.5, 0.6) is 23.0 Å². The molecule has 1 aliphatic rings. The van der Waals surface area contributed by atoms with E-state index in [9.17, 15) is 0 Å². The van der Waals surface area contributed by atoms with Gasteiger partial charge in [0.1, 0.15) is 0 Å². The third-order valence-electron chi connectivity index (χ3n) is 4.18. The lowest BCUT2D eigenvalue weighted by atomic mass is 10.1. The Kier molecular flexibility index (Phi) is 2.67.